The van der Waals surface area contributed by atoms with Gasteiger partial charge in [0.05, 0.1) is 10.7 Å². The number of thioether (sulfide) groups is 1. The molecule has 20 heavy (non-hydrogen) atoms. The van der Waals surface area contributed by atoms with Crippen LogP contribution >= 0.6 is 11.8 Å². The number of hydrogen-bond acceptors (Lipinski definition) is 5. The van der Waals surface area contributed by atoms with Crippen molar-refractivity contribution in [3.63, 3.8) is 0 Å². The van der Waals surface area contributed by atoms with Crippen molar-refractivity contribution in [3.8, 4) is 0 Å². The molecule has 0 spiro atoms. The highest BCUT2D eigenvalue weighted by Crippen LogP contribution is 2.53. The maximum absolute atomic E-state index is 5.76. The average Bonchev–Trinajstić information content (AvgIpc) is 2.93. The normalized spacial score (nSPS) is 23.9. The first-order valence-corrected chi connectivity index (χ1v) is 8.14. The molecule has 1 saturated heterocycles. The van der Waals surface area contributed by atoms with Crippen LogP contribution in [0.5, 0.6) is 0 Å². The van der Waals surface area contributed by atoms with Crippen LogP contribution in [0.1, 0.15) is 48.2 Å². The van der Waals surface area contributed by atoms with Crippen molar-refractivity contribution >= 4 is 17.4 Å². The Hall–Kier alpha value is -1.49. The number of anilines is 1. The molecule has 1 aromatic carbocycles. The lowest BCUT2D eigenvalue weighted by Crippen LogP contribution is -2.09. The Kier molecular flexibility index (Phi) is 2.77. The molecule has 2 aliphatic rings. The van der Waals surface area contributed by atoms with E-state index in [1.54, 1.807) is 0 Å². The summed E-state index contributed by atoms with van der Waals surface area (Å²) in [6.45, 7) is 0. The van der Waals surface area contributed by atoms with Crippen molar-refractivity contribution < 1.29 is 4.52 Å². The van der Waals surface area contributed by atoms with Crippen LogP contribution in [0.25, 0.3) is 0 Å². The van der Waals surface area contributed by atoms with Gasteiger partial charge in [0.25, 0.3) is 0 Å². The van der Waals surface area contributed by atoms with Crippen LogP contribution in [-0.2, 0) is 5.41 Å². The fourth-order valence-corrected chi connectivity index (χ4v) is 4.09. The summed E-state index contributed by atoms with van der Waals surface area (Å²) in [5.41, 5.74) is 7.74. The third-order valence-electron chi connectivity index (χ3n) is 4.28. The van der Waals surface area contributed by atoms with E-state index < -0.39 is 0 Å². The summed E-state index contributed by atoms with van der Waals surface area (Å²) in [4.78, 5) is 4.70. The molecule has 1 atom stereocenters. The minimum atomic E-state index is -0.0534. The Morgan fingerprint density at radius 2 is 2.05 bits per heavy atom. The maximum Gasteiger partial charge on any atom is 0.237 e. The van der Waals surface area contributed by atoms with Crippen LogP contribution in [0.3, 0.4) is 0 Å². The van der Waals surface area contributed by atoms with E-state index in [1.807, 2.05) is 23.9 Å². The first-order chi connectivity index (χ1) is 9.78. The fraction of sp³-hybridized carbons (Fsp3) is 0.467. The monoisotopic (exact) mass is 287 g/mol. The Bertz CT molecular complexity index is 612. The SMILES string of the molecule is Nc1ccc(C2(c3nc(C4CCCS4)no3)CC2)cc1. The van der Waals surface area contributed by atoms with E-state index in [2.05, 4.69) is 17.3 Å². The van der Waals surface area contributed by atoms with E-state index in [0.29, 0.717) is 5.25 Å². The minimum Gasteiger partial charge on any atom is -0.399 e. The third kappa shape index (κ3) is 1.92. The molecule has 0 bridgehead atoms. The van der Waals surface area contributed by atoms with E-state index >= 15 is 0 Å². The molecule has 2 fully saturated rings. The molecule has 1 aliphatic heterocycles. The quantitative estimate of drug-likeness (QED) is 0.877. The van der Waals surface area contributed by atoms with Crippen molar-refractivity contribution in [2.24, 2.45) is 0 Å². The van der Waals surface area contributed by atoms with Crippen LogP contribution in [0, 0.1) is 0 Å². The van der Waals surface area contributed by atoms with Crippen molar-refractivity contribution in [3.05, 3.63) is 41.5 Å². The maximum atomic E-state index is 5.76. The summed E-state index contributed by atoms with van der Waals surface area (Å²) in [6, 6.07) is 8.05. The highest BCUT2D eigenvalue weighted by molar-refractivity contribution is 7.99. The third-order valence-corrected chi connectivity index (χ3v) is 5.66. The molecule has 4 nitrogen and oxygen atoms in total. The molecule has 1 aromatic heterocycles. The lowest BCUT2D eigenvalue weighted by molar-refractivity contribution is 0.355. The largest absolute Gasteiger partial charge is 0.399 e. The fourth-order valence-electron chi connectivity index (χ4n) is 2.89. The smallest absolute Gasteiger partial charge is 0.237 e. The lowest BCUT2D eigenvalue weighted by atomic mass is 9.96. The summed E-state index contributed by atoms with van der Waals surface area (Å²) >= 11 is 1.94. The molecular weight excluding hydrogens is 270 g/mol. The molecule has 4 rings (SSSR count). The zero-order valence-electron chi connectivity index (χ0n) is 11.2. The predicted molar refractivity (Wildman–Crippen MR) is 79.6 cm³/mol. The van der Waals surface area contributed by atoms with Gasteiger partial charge in [-0.3, -0.25) is 0 Å². The molecule has 2 aromatic rings. The van der Waals surface area contributed by atoms with Gasteiger partial charge in [0.2, 0.25) is 5.89 Å². The molecule has 5 heteroatoms. The Labute approximate surface area is 122 Å². The molecule has 1 aliphatic carbocycles. The van der Waals surface area contributed by atoms with E-state index in [0.717, 1.165) is 30.2 Å². The first kappa shape index (κ1) is 12.3. The number of benzene rings is 1. The van der Waals surface area contributed by atoms with E-state index in [1.165, 1.54) is 24.2 Å². The van der Waals surface area contributed by atoms with Gasteiger partial charge in [0, 0.05) is 5.69 Å². The Morgan fingerprint density at radius 1 is 1.25 bits per heavy atom. The molecule has 2 heterocycles. The molecule has 0 radical (unpaired) electrons. The van der Waals surface area contributed by atoms with Crippen LogP contribution < -0.4 is 5.73 Å². The van der Waals surface area contributed by atoms with Gasteiger partial charge in [-0.25, -0.2) is 0 Å². The summed E-state index contributed by atoms with van der Waals surface area (Å²) in [5.74, 6) is 2.87. The second kappa shape index (κ2) is 4.52. The molecule has 2 N–H and O–H groups in total. The minimum absolute atomic E-state index is 0.0534. The number of aromatic nitrogens is 2. The molecule has 1 saturated carbocycles. The van der Waals surface area contributed by atoms with Gasteiger partial charge in [-0.15, -0.1) is 0 Å². The highest BCUT2D eigenvalue weighted by Gasteiger charge is 2.51. The Morgan fingerprint density at radius 3 is 2.70 bits per heavy atom. The summed E-state index contributed by atoms with van der Waals surface area (Å²) < 4.78 is 5.58. The standard InChI is InChI=1S/C15H17N3OS/c16-11-5-3-10(4-6-11)15(7-8-15)14-17-13(18-19-14)12-2-1-9-20-12/h3-6,12H,1-2,7-9,16H2. The van der Waals surface area contributed by atoms with Gasteiger partial charge >= 0.3 is 0 Å². The highest BCUT2D eigenvalue weighted by atomic mass is 32.2. The second-order valence-corrected chi connectivity index (χ2v) is 6.97. The van der Waals surface area contributed by atoms with Crippen molar-refractivity contribution in [1.82, 2.24) is 10.1 Å². The second-order valence-electron chi connectivity index (χ2n) is 5.66. The van der Waals surface area contributed by atoms with Crippen LogP contribution in [-0.4, -0.2) is 15.9 Å². The van der Waals surface area contributed by atoms with Crippen molar-refractivity contribution in [2.45, 2.75) is 36.3 Å². The van der Waals surface area contributed by atoms with Crippen LogP contribution in [0.2, 0.25) is 0 Å². The van der Waals surface area contributed by atoms with Crippen LogP contribution in [0.15, 0.2) is 28.8 Å². The molecule has 1 unspecified atom stereocenters. The van der Waals surface area contributed by atoms with Gasteiger partial charge in [-0.05, 0) is 49.1 Å². The molecule has 104 valence electrons. The van der Waals surface area contributed by atoms with Gasteiger partial charge in [-0.2, -0.15) is 16.7 Å². The lowest BCUT2D eigenvalue weighted by Gasteiger charge is -2.10. The number of nitrogens with zero attached hydrogens (tertiary/aromatic N) is 2. The van der Waals surface area contributed by atoms with E-state index in [9.17, 15) is 0 Å². The number of rotatable bonds is 3. The zero-order chi connectivity index (χ0) is 13.6. The zero-order valence-corrected chi connectivity index (χ0v) is 12.0. The Balaban J connectivity index is 1.65. The van der Waals surface area contributed by atoms with Crippen molar-refractivity contribution in [2.75, 3.05) is 11.5 Å². The summed E-state index contributed by atoms with van der Waals surface area (Å²) in [7, 11) is 0. The summed E-state index contributed by atoms with van der Waals surface area (Å²) in [5, 5.41) is 4.64. The van der Waals surface area contributed by atoms with Crippen molar-refractivity contribution in [1.29, 1.82) is 0 Å². The number of nitrogens with two attached hydrogens (primary N) is 1. The number of nitrogen functional groups attached to an aromatic ring is 1. The summed E-state index contributed by atoms with van der Waals surface area (Å²) in [6.07, 6.45) is 4.58. The van der Waals surface area contributed by atoms with Gasteiger partial charge < -0.3 is 10.3 Å². The van der Waals surface area contributed by atoms with Gasteiger partial charge in [-0.1, -0.05) is 17.3 Å². The van der Waals surface area contributed by atoms with Gasteiger partial charge in [0.1, 0.15) is 0 Å². The first-order valence-electron chi connectivity index (χ1n) is 7.10. The van der Waals surface area contributed by atoms with E-state index in [-0.39, 0.29) is 5.41 Å². The average molecular weight is 287 g/mol. The number of hydrogen-bond donors (Lipinski definition) is 1. The van der Waals surface area contributed by atoms with E-state index in [4.69, 9.17) is 15.2 Å². The van der Waals surface area contributed by atoms with Gasteiger partial charge in [0.15, 0.2) is 5.82 Å². The predicted octanol–water partition coefficient (Wildman–Crippen LogP) is 3.30. The molecule has 0 amide bonds. The van der Waals surface area contributed by atoms with Crippen LogP contribution in [0.4, 0.5) is 5.69 Å². The molecular formula is C15H17N3OS. The topological polar surface area (TPSA) is 64.9 Å².